The quantitative estimate of drug-likeness (QED) is 0.513. The second kappa shape index (κ2) is 8.42. The summed E-state index contributed by atoms with van der Waals surface area (Å²) < 4.78 is 6.66. The van der Waals surface area contributed by atoms with Crippen LogP contribution in [-0.4, -0.2) is 25.6 Å². The van der Waals surface area contributed by atoms with Gasteiger partial charge in [-0.1, -0.05) is 29.4 Å². The minimum atomic E-state index is -0.320. The van der Waals surface area contributed by atoms with Crippen LogP contribution in [0, 0.1) is 13.8 Å². The highest BCUT2D eigenvalue weighted by Crippen LogP contribution is 2.23. The highest BCUT2D eigenvalue weighted by Gasteiger charge is 2.14. The molecular formula is C21H19N5O3S. The number of nitrogens with zero attached hydrogens (tertiary/aromatic N) is 4. The Kier molecular flexibility index (Phi) is 5.53. The third-order valence-electron chi connectivity index (χ3n) is 4.67. The van der Waals surface area contributed by atoms with Gasteiger partial charge in [-0.25, -0.2) is 4.98 Å². The molecule has 1 amide bonds. The number of aryl methyl sites for hydroxylation is 1. The molecule has 152 valence electrons. The summed E-state index contributed by atoms with van der Waals surface area (Å²) in [5.74, 6) is 0.678. The number of benzene rings is 1. The van der Waals surface area contributed by atoms with E-state index in [1.807, 2.05) is 35.7 Å². The number of carbonyl (C=O) groups excluding carboxylic acids is 1. The van der Waals surface area contributed by atoms with Crippen molar-refractivity contribution in [3.63, 3.8) is 0 Å². The van der Waals surface area contributed by atoms with Crippen LogP contribution < -0.4 is 10.9 Å². The van der Waals surface area contributed by atoms with Crippen molar-refractivity contribution in [1.82, 2.24) is 19.7 Å². The Bertz CT molecular complexity index is 1240. The smallest absolute Gasteiger partial charge is 0.256 e. The largest absolute Gasteiger partial charge is 0.339 e. The van der Waals surface area contributed by atoms with Crippen LogP contribution in [0.25, 0.3) is 10.7 Å². The zero-order valence-electron chi connectivity index (χ0n) is 16.5. The lowest BCUT2D eigenvalue weighted by atomic mass is 10.1. The number of hydrogen-bond acceptors (Lipinski definition) is 7. The van der Waals surface area contributed by atoms with E-state index in [0.29, 0.717) is 35.1 Å². The predicted molar refractivity (Wildman–Crippen MR) is 113 cm³/mol. The fourth-order valence-corrected chi connectivity index (χ4v) is 3.57. The van der Waals surface area contributed by atoms with E-state index < -0.39 is 0 Å². The number of anilines is 1. The van der Waals surface area contributed by atoms with Gasteiger partial charge in [0, 0.05) is 16.9 Å². The molecule has 0 bridgehead atoms. The van der Waals surface area contributed by atoms with Gasteiger partial charge in [0.25, 0.3) is 5.56 Å². The fourth-order valence-electron chi connectivity index (χ4n) is 2.92. The van der Waals surface area contributed by atoms with Gasteiger partial charge < -0.3 is 9.84 Å². The summed E-state index contributed by atoms with van der Waals surface area (Å²) in [4.78, 5) is 34.4. The van der Waals surface area contributed by atoms with E-state index in [1.165, 1.54) is 22.2 Å². The first-order valence-corrected chi connectivity index (χ1v) is 10.2. The first-order valence-electron chi connectivity index (χ1n) is 9.28. The molecule has 0 atom stereocenters. The SMILES string of the molecule is Cc1ncn(CC(=O)Nc2ccccc2Cc2nc(-c3cccs3)no2)c(=O)c1C. The number of rotatable bonds is 6. The summed E-state index contributed by atoms with van der Waals surface area (Å²) in [6, 6.07) is 11.2. The average molecular weight is 421 g/mol. The second-order valence-electron chi connectivity index (χ2n) is 6.76. The van der Waals surface area contributed by atoms with E-state index in [1.54, 1.807) is 19.9 Å². The molecule has 1 aromatic carbocycles. The van der Waals surface area contributed by atoms with Gasteiger partial charge >= 0.3 is 0 Å². The van der Waals surface area contributed by atoms with E-state index in [9.17, 15) is 9.59 Å². The summed E-state index contributed by atoms with van der Waals surface area (Å²) in [6.45, 7) is 3.34. The zero-order chi connectivity index (χ0) is 21.1. The molecular weight excluding hydrogens is 402 g/mol. The predicted octanol–water partition coefficient (Wildman–Crippen LogP) is 3.20. The van der Waals surface area contributed by atoms with Crippen LogP contribution in [0.4, 0.5) is 5.69 Å². The standard InChI is InChI=1S/C21H19N5O3S/c1-13-14(2)22-12-26(21(13)28)11-18(27)23-16-7-4-3-6-15(16)10-19-24-20(25-29-19)17-8-5-9-30-17/h3-9,12H,10-11H2,1-2H3,(H,23,27). The Morgan fingerprint density at radius 2 is 2.03 bits per heavy atom. The molecule has 3 aromatic heterocycles. The molecule has 0 fully saturated rings. The van der Waals surface area contributed by atoms with Crippen LogP contribution in [0.2, 0.25) is 0 Å². The van der Waals surface area contributed by atoms with Gasteiger partial charge in [-0.2, -0.15) is 4.98 Å². The van der Waals surface area contributed by atoms with Gasteiger partial charge in [0.15, 0.2) is 0 Å². The molecule has 4 aromatic rings. The van der Waals surface area contributed by atoms with Gasteiger partial charge in [0.1, 0.15) is 6.54 Å². The highest BCUT2D eigenvalue weighted by atomic mass is 32.1. The van der Waals surface area contributed by atoms with Crippen molar-refractivity contribution >= 4 is 22.9 Å². The molecule has 3 heterocycles. The lowest BCUT2D eigenvalue weighted by Gasteiger charge is -2.11. The Morgan fingerprint density at radius 3 is 2.83 bits per heavy atom. The lowest BCUT2D eigenvalue weighted by molar-refractivity contribution is -0.116. The number of nitrogens with one attached hydrogen (secondary N) is 1. The molecule has 0 aliphatic carbocycles. The molecule has 9 heteroatoms. The van der Waals surface area contributed by atoms with E-state index in [0.717, 1.165) is 10.4 Å². The van der Waals surface area contributed by atoms with E-state index in [-0.39, 0.29) is 18.0 Å². The monoisotopic (exact) mass is 421 g/mol. The number of hydrogen-bond donors (Lipinski definition) is 1. The molecule has 0 aliphatic rings. The van der Waals surface area contributed by atoms with Crippen molar-refractivity contribution < 1.29 is 9.32 Å². The van der Waals surface area contributed by atoms with Gasteiger partial charge in [-0.3, -0.25) is 14.2 Å². The minimum Gasteiger partial charge on any atom is -0.339 e. The molecule has 0 spiro atoms. The van der Waals surface area contributed by atoms with Crippen LogP contribution in [-0.2, 0) is 17.8 Å². The van der Waals surface area contributed by atoms with Crippen LogP contribution >= 0.6 is 11.3 Å². The number of aromatic nitrogens is 4. The summed E-state index contributed by atoms with van der Waals surface area (Å²) >= 11 is 1.54. The Hall–Kier alpha value is -3.59. The van der Waals surface area contributed by atoms with Crippen LogP contribution in [0.1, 0.15) is 22.7 Å². The van der Waals surface area contributed by atoms with Gasteiger partial charge in [0.05, 0.1) is 17.6 Å². The molecule has 0 radical (unpaired) electrons. The Balaban J connectivity index is 1.49. The van der Waals surface area contributed by atoms with E-state index in [4.69, 9.17) is 4.52 Å². The first kappa shape index (κ1) is 19.7. The molecule has 30 heavy (non-hydrogen) atoms. The minimum absolute atomic E-state index is 0.121. The summed E-state index contributed by atoms with van der Waals surface area (Å²) in [6.07, 6.45) is 1.76. The van der Waals surface area contributed by atoms with Crippen LogP contribution in [0.3, 0.4) is 0 Å². The molecule has 0 saturated heterocycles. The normalized spacial score (nSPS) is 10.9. The number of thiophene rings is 1. The van der Waals surface area contributed by atoms with Crippen molar-refractivity contribution in [3.05, 3.63) is 81.2 Å². The average Bonchev–Trinajstić information content (AvgIpc) is 3.42. The molecule has 1 N–H and O–H groups in total. The number of para-hydroxylation sites is 1. The summed E-state index contributed by atoms with van der Waals surface area (Å²) in [7, 11) is 0. The zero-order valence-corrected chi connectivity index (χ0v) is 17.3. The number of amides is 1. The van der Waals surface area contributed by atoms with Crippen LogP contribution in [0.15, 0.2) is 57.4 Å². The maximum Gasteiger partial charge on any atom is 0.256 e. The highest BCUT2D eigenvalue weighted by molar-refractivity contribution is 7.13. The van der Waals surface area contributed by atoms with Gasteiger partial charge in [-0.05, 0) is 36.9 Å². The van der Waals surface area contributed by atoms with Crippen molar-refractivity contribution in [3.8, 4) is 10.7 Å². The molecule has 4 rings (SSSR count). The third-order valence-corrected chi connectivity index (χ3v) is 5.54. The Labute approximate surface area is 176 Å². The summed E-state index contributed by atoms with van der Waals surface area (Å²) in [5, 5.41) is 8.83. The first-order chi connectivity index (χ1) is 14.5. The van der Waals surface area contributed by atoms with Gasteiger partial charge in [-0.15, -0.1) is 11.3 Å². The third kappa shape index (κ3) is 4.20. The van der Waals surface area contributed by atoms with Crippen molar-refractivity contribution in [2.24, 2.45) is 0 Å². The van der Waals surface area contributed by atoms with E-state index in [2.05, 4.69) is 20.4 Å². The maximum atomic E-state index is 12.5. The molecule has 8 nitrogen and oxygen atoms in total. The second-order valence-corrected chi connectivity index (χ2v) is 7.71. The molecule has 0 aliphatic heterocycles. The van der Waals surface area contributed by atoms with Crippen LogP contribution in [0.5, 0.6) is 0 Å². The Morgan fingerprint density at radius 1 is 1.20 bits per heavy atom. The van der Waals surface area contributed by atoms with Crippen molar-refractivity contribution in [2.45, 2.75) is 26.8 Å². The fraction of sp³-hybridized carbons (Fsp3) is 0.190. The summed E-state index contributed by atoms with van der Waals surface area (Å²) in [5.41, 5.74) is 2.42. The molecule has 0 saturated carbocycles. The number of carbonyl (C=O) groups is 1. The van der Waals surface area contributed by atoms with Crippen molar-refractivity contribution in [1.29, 1.82) is 0 Å². The van der Waals surface area contributed by atoms with Gasteiger partial charge in [0.2, 0.25) is 17.6 Å². The lowest BCUT2D eigenvalue weighted by Crippen LogP contribution is -2.29. The van der Waals surface area contributed by atoms with E-state index >= 15 is 0 Å². The molecule has 0 unspecified atom stereocenters. The maximum absolute atomic E-state index is 12.5. The topological polar surface area (TPSA) is 103 Å². The van der Waals surface area contributed by atoms with Crippen molar-refractivity contribution in [2.75, 3.05) is 5.32 Å².